The van der Waals surface area contributed by atoms with Crippen molar-refractivity contribution in [3.63, 3.8) is 0 Å². The average Bonchev–Trinajstić information content (AvgIpc) is 3.39. The van der Waals surface area contributed by atoms with Gasteiger partial charge in [0.15, 0.2) is 0 Å². The lowest BCUT2D eigenvalue weighted by Crippen LogP contribution is -2.40. The number of hydrogen-bond donors (Lipinski definition) is 1. The van der Waals surface area contributed by atoms with Gasteiger partial charge >= 0.3 is 0 Å². The Morgan fingerprint density at radius 1 is 0.905 bits per heavy atom. The molecule has 1 amide bonds. The molecule has 3 aromatic carbocycles. The summed E-state index contributed by atoms with van der Waals surface area (Å²) in [7, 11) is 0. The number of nitrogens with zero attached hydrogens (tertiary/aromatic N) is 3. The summed E-state index contributed by atoms with van der Waals surface area (Å²) in [4.78, 5) is 35.6. The van der Waals surface area contributed by atoms with Crippen molar-refractivity contribution in [2.45, 2.75) is 39.2 Å². The predicted molar refractivity (Wildman–Crippen MR) is 156 cm³/mol. The number of hydrogen-bond acceptors (Lipinski definition) is 8. The standard InChI is InChI=1S/C31H30N4O7/c1-3-41-26-12-8-20(9-13-26)16-22-6-5-7-28-29(22)32-33(30(28)21-10-14-27(15-11-21)42-4-2)31(36)23-17-24(34(37)38)19-25(18-23)35(39)40/h8-19,30,32H,3-7H2,1-2H3/b22-16-/t30-/m1/s1. The molecule has 216 valence electrons. The highest BCUT2D eigenvalue weighted by Crippen LogP contribution is 2.45. The lowest BCUT2D eigenvalue weighted by atomic mass is 9.85. The minimum atomic E-state index is -0.744. The van der Waals surface area contributed by atoms with E-state index in [9.17, 15) is 25.0 Å². The van der Waals surface area contributed by atoms with E-state index >= 15 is 0 Å². The van der Waals surface area contributed by atoms with Crippen LogP contribution in [0.3, 0.4) is 0 Å². The molecule has 2 aliphatic rings. The van der Waals surface area contributed by atoms with E-state index in [1.54, 1.807) is 0 Å². The minimum absolute atomic E-state index is 0.156. The molecule has 3 aromatic rings. The summed E-state index contributed by atoms with van der Waals surface area (Å²) in [5.74, 6) is 0.851. The number of amides is 1. The van der Waals surface area contributed by atoms with Crippen LogP contribution in [0, 0.1) is 20.2 Å². The van der Waals surface area contributed by atoms with Gasteiger partial charge in [0.05, 0.1) is 40.4 Å². The van der Waals surface area contributed by atoms with Crippen molar-refractivity contribution in [1.82, 2.24) is 10.4 Å². The fraction of sp³-hybridized carbons (Fsp3) is 0.258. The van der Waals surface area contributed by atoms with Crippen LogP contribution in [0.5, 0.6) is 11.5 Å². The Bertz CT molecular complexity index is 1550. The zero-order chi connectivity index (χ0) is 29.8. The molecule has 11 nitrogen and oxygen atoms in total. The molecule has 0 saturated carbocycles. The molecule has 11 heteroatoms. The molecule has 0 spiro atoms. The van der Waals surface area contributed by atoms with Gasteiger partial charge in [0.1, 0.15) is 17.5 Å². The van der Waals surface area contributed by atoms with Gasteiger partial charge < -0.3 is 9.47 Å². The highest BCUT2D eigenvalue weighted by atomic mass is 16.6. The molecule has 1 N–H and O–H groups in total. The normalized spacial score (nSPS) is 17.0. The summed E-state index contributed by atoms with van der Waals surface area (Å²) in [6.45, 7) is 4.91. The van der Waals surface area contributed by atoms with Crippen LogP contribution in [0.1, 0.15) is 60.6 Å². The van der Waals surface area contributed by atoms with Gasteiger partial charge in [-0.15, -0.1) is 0 Å². The second-order valence-corrected chi connectivity index (χ2v) is 9.87. The summed E-state index contributed by atoms with van der Waals surface area (Å²) in [5.41, 5.74) is 6.66. The maximum atomic E-state index is 14.0. The number of benzene rings is 3. The fourth-order valence-electron chi connectivity index (χ4n) is 5.36. The van der Waals surface area contributed by atoms with Gasteiger partial charge in [0.2, 0.25) is 0 Å². The third kappa shape index (κ3) is 5.80. The molecule has 0 bridgehead atoms. The Balaban J connectivity index is 1.57. The number of hydrazine groups is 1. The lowest BCUT2D eigenvalue weighted by Gasteiger charge is -2.27. The van der Waals surface area contributed by atoms with Crippen LogP contribution in [0.25, 0.3) is 6.08 Å². The van der Waals surface area contributed by atoms with Crippen molar-refractivity contribution < 1.29 is 24.1 Å². The number of nitro benzene ring substituents is 2. The summed E-state index contributed by atoms with van der Waals surface area (Å²) in [5, 5.41) is 24.5. The van der Waals surface area contributed by atoms with Crippen LogP contribution in [0.4, 0.5) is 11.4 Å². The van der Waals surface area contributed by atoms with Crippen LogP contribution >= 0.6 is 0 Å². The molecule has 1 atom stereocenters. The highest BCUT2D eigenvalue weighted by Gasteiger charge is 2.40. The average molecular weight is 571 g/mol. The van der Waals surface area contributed by atoms with Gasteiger partial charge in [-0.2, -0.15) is 0 Å². The van der Waals surface area contributed by atoms with E-state index in [4.69, 9.17) is 9.47 Å². The molecule has 0 aromatic heterocycles. The largest absolute Gasteiger partial charge is 0.494 e. The van der Waals surface area contributed by atoms with Crippen molar-refractivity contribution in [1.29, 1.82) is 0 Å². The van der Waals surface area contributed by atoms with E-state index in [0.29, 0.717) is 19.0 Å². The summed E-state index contributed by atoms with van der Waals surface area (Å²) in [6.07, 6.45) is 4.43. The molecule has 0 fully saturated rings. The van der Waals surface area contributed by atoms with E-state index in [1.165, 1.54) is 5.01 Å². The number of nitrogens with one attached hydrogen (secondary N) is 1. The summed E-state index contributed by atoms with van der Waals surface area (Å²) in [6, 6.07) is 17.6. The maximum Gasteiger partial charge on any atom is 0.277 e. The molecule has 1 aliphatic carbocycles. The van der Waals surface area contributed by atoms with Crippen LogP contribution in [0.2, 0.25) is 0 Å². The van der Waals surface area contributed by atoms with Gasteiger partial charge in [-0.1, -0.05) is 24.3 Å². The Morgan fingerprint density at radius 3 is 2.02 bits per heavy atom. The van der Waals surface area contributed by atoms with Gasteiger partial charge in [-0.25, -0.2) is 5.01 Å². The van der Waals surface area contributed by atoms with Gasteiger partial charge in [0.25, 0.3) is 17.3 Å². The van der Waals surface area contributed by atoms with Crippen molar-refractivity contribution in [2.75, 3.05) is 13.2 Å². The van der Waals surface area contributed by atoms with Crippen LogP contribution in [0.15, 0.2) is 83.6 Å². The molecular formula is C31H30N4O7. The first-order valence-electron chi connectivity index (χ1n) is 13.7. The topological polar surface area (TPSA) is 137 Å². The summed E-state index contributed by atoms with van der Waals surface area (Å²) >= 11 is 0. The minimum Gasteiger partial charge on any atom is -0.494 e. The van der Waals surface area contributed by atoms with Crippen molar-refractivity contribution in [2.24, 2.45) is 0 Å². The smallest absolute Gasteiger partial charge is 0.277 e. The Morgan fingerprint density at radius 2 is 1.48 bits per heavy atom. The van der Waals surface area contributed by atoms with Crippen molar-refractivity contribution >= 4 is 23.4 Å². The molecule has 1 heterocycles. The first-order chi connectivity index (χ1) is 20.3. The van der Waals surface area contributed by atoms with Crippen LogP contribution < -0.4 is 14.9 Å². The van der Waals surface area contributed by atoms with Gasteiger partial charge in [-0.05, 0) is 85.7 Å². The first kappa shape index (κ1) is 28.3. The molecule has 5 rings (SSSR count). The van der Waals surface area contributed by atoms with Crippen molar-refractivity contribution in [3.8, 4) is 11.5 Å². The van der Waals surface area contributed by atoms with Crippen LogP contribution in [-0.2, 0) is 0 Å². The number of nitro groups is 2. The van der Waals surface area contributed by atoms with E-state index in [2.05, 4.69) is 11.5 Å². The lowest BCUT2D eigenvalue weighted by molar-refractivity contribution is -0.394. The molecule has 0 unspecified atom stereocenters. The van der Waals surface area contributed by atoms with E-state index < -0.39 is 33.2 Å². The Labute approximate surface area is 242 Å². The van der Waals surface area contributed by atoms with E-state index in [0.717, 1.165) is 71.2 Å². The highest BCUT2D eigenvalue weighted by molar-refractivity contribution is 5.96. The van der Waals surface area contributed by atoms with E-state index in [1.807, 2.05) is 62.4 Å². The third-order valence-electron chi connectivity index (χ3n) is 7.18. The molecule has 1 aliphatic heterocycles. The monoisotopic (exact) mass is 570 g/mol. The maximum absolute atomic E-state index is 14.0. The van der Waals surface area contributed by atoms with Gasteiger partial charge in [-0.3, -0.25) is 30.4 Å². The number of rotatable bonds is 9. The zero-order valence-electron chi connectivity index (χ0n) is 23.2. The van der Waals surface area contributed by atoms with Crippen LogP contribution in [-0.4, -0.2) is 34.0 Å². The zero-order valence-corrected chi connectivity index (χ0v) is 23.2. The Hall–Kier alpha value is -5.19. The number of non-ortho nitro benzene ring substituents is 2. The van der Waals surface area contributed by atoms with Crippen molar-refractivity contribution in [3.05, 3.63) is 120 Å². The third-order valence-corrected chi connectivity index (χ3v) is 7.18. The summed E-state index contributed by atoms with van der Waals surface area (Å²) < 4.78 is 11.2. The SMILES string of the molecule is CCOc1ccc(/C=C2/CCCC3=C2NN(C(=O)c2cc([N+](=O)[O-])cc([N+](=O)[O-])c2)[C@@H]3c2ccc(OCC)cc2)cc1. The second kappa shape index (κ2) is 12.1. The number of carbonyl (C=O) groups is 1. The number of carbonyl (C=O) groups excluding carboxylic acids is 1. The first-order valence-corrected chi connectivity index (χ1v) is 13.7. The number of allylic oxidation sites excluding steroid dienone is 1. The second-order valence-electron chi connectivity index (χ2n) is 9.87. The molecular weight excluding hydrogens is 540 g/mol. The molecule has 42 heavy (non-hydrogen) atoms. The molecule has 0 saturated heterocycles. The van der Waals surface area contributed by atoms with Gasteiger partial charge in [0, 0.05) is 12.1 Å². The number of ether oxygens (including phenoxy) is 2. The quantitative estimate of drug-likeness (QED) is 0.227. The van der Waals surface area contributed by atoms with E-state index in [-0.39, 0.29) is 5.56 Å². The molecule has 0 radical (unpaired) electrons. The Kier molecular flexibility index (Phi) is 8.19. The predicted octanol–water partition coefficient (Wildman–Crippen LogP) is 6.52. The fourth-order valence-corrected chi connectivity index (χ4v) is 5.36.